The Bertz CT molecular complexity index is 39.7. The summed E-state index contributed by atoms with van der Waals surface area (Å²) in [5.41, 5.74) is 0. The van der Waals surface area contributed by atoms with Gasteiger partial charge in [-0.15, -0.1) is 4.91 Å². The standard InChI is InChI=1S/C2H5NO2.H4N2.Na.2H2O/c1-2-5-3-4;1-2;;;/h2H2,1H3;1-2H2;;2*1H2/q;;+1;;/p-1. The Morgan fingerprint density at radius 1 is 1.50 bits per heavy atom. The van der Waals surface area contributed by atoms with Crippen LogP contribution in [0.15, 0.2) is 5.34 Å². The van der Waals surface area contributed by atoms with Gasteiger partial charge >= 0.3 is 29.6 Å². The van der Waals surface area contributed by atoms with Gasteiger partial charge in [-0.05, 0) is 6.92 Å². The average molecular weight is 165 g/mol. The van der Waals surface area contributed by atoms with Crippen molar-refractivity contribution in [1.29, 1.82) is 0 Å². The first kappa shape index (κ1) is 31.8. The molecular formula is C2H12N3NaO4. The van der Waals surface area contributed by atoms with E-state index in [1.807, 2.05) is 0 Å². The van der Waals surface area contributed by atoms with Gasteiger partial charge in [-0.25, -0.2) is 0 Å². The molecule has 60 valence electrons. The minimum Gasteiger partial charge on any atom is -0.870 e. The van der Waals surface area contributed by atoms with E-state index in [4.69, 9.17) is 4.91 Å². The van der Waals surface area contributed by atoms with Crippen LogP contribution in [0.5, 0.6) is 0 Å². The summed E-state index contributed by atoms with van der Waals surface area (Å²) in [7, 11) is 0. The van der Waals surface area contributed by atoms with E-state index in [-0.39, 0.29) is 40.5 Å². The predicted octanol–water partition coefficient (Wildman–Crippen LogP) is -4.47. The van der Waals surface area contributed by atoms with Crippen molar-refractivity contribution in [3.63, 3.8) is 0 Å². The number of hydrogen-bond donors (Lipinski definition) is 2. The first-order valence-electron chi connectivity index (χ1n) is 1.69. The topological polar surface area (TPSA) is 152 Å². The molecule has 8 heteroatoms. The van der Waals surface area contributed by atoms with Gasteiger partial charge in [0.25, 0.3) is 0 Å². The van der Waals surface area contributed by atoms with Crippen molar-refractivity contribution in [2.45, 2.75) is 6.92 Å². The van der Waals surface area contributed by atoms with E-state index in [2.05, 4.69) is 21.9 Å². The minimum atomic E-state index is 0. The number of hydrazine groups is 1. The second-order valence-electron chi connectivity index (χ2n) is 0.492. The Balaban J connectivity index is -0.0000000154. The normalized spacial score (nSPS) is 3.90. The van der Waals surface area contributed by atoms with E-state index in [0.717, 1.165) is 0 Å². The summed E-state index contributed by atoms with van der Waals surface area (Å²) in [6.07, 6.45) is 0. The predicted molar refractivity (Wildman–Crippen MR) is 31.3 cm³/mol. The monoisotopic (exact) mass is 165 g/mol. The van der Waals surface area contributed by atoms with E-state index in [1.165, 1.54) is 0 Å². The van der Waals surface area contributed by atoms with Crippen molar-refractivity contribution in [3.05, 3.63) is 4.91 Å². The SMILES string of the molecule is CCON=O.NN.O.[Na+].[OH-]. The van der Waals surface area contributed by atoms with E-state index in [9.17, 15) is 0 Å². The van der Waals surface area contributed by atoms with Crippen LogP contribution in [0.1, 0.15) is 6.92 Å². The zero-order valence-electron chi connectivity index (χ0n) is 6.07. The van der Waals surface area contributed by atoms with Gasteiger partial charge in [0.2, 0.25) is 0 Å². The Hall–Kier alpha value is 0.240. The van der Waals surface area contributed by atoms with Crippen LogP contribution in [-0.4, -0.2) is 17.6 Å². The van der Waals surface area contributed by atoms with Crippen molar-refractivity contribution in [2.75, 3.05) is 6.61 Å². The van der Waals surface area contributed by atoms with Crippen LogP contribution >= 0.6 is 0 Å². The summed E-state index contributed by atoms with van der Waals surface area (Å²) < 4.78 is 0. The second-order valence-corrected chi connectivity index (χ2v) is 0.492. The molecule has 0 aliphatic carbocycles. The zero-order valence-corrected chi connectivity index (χ0v) is 8.07. The molecule has 0 spiro atoms. The molecule has 7 N–H and O–H groups in total. The molecular weight excluding hydrogens is 153 g/mol. The maximum absolute atomic E-state index is 8.93. The van der Waals surface area contributed by atoms with Gasteiger partial charge in [-0.2, -0.15) is 0 Å². The summed E-state index contributed by atoms with van der Waals surface area (Å²) in [5.74, 6) is 8.00. The molecule has 10 heavy (non-hydrogen) atoms. The molecule has 0 atom stereocenters. The number of nitrogens with zero attached hydrogens (tertiary/aromatic N) is 1. The van der Waals surface area contributed by atoms with Gasteiger partial charge in [-0.3, -0.25) is 11.7 Å². The average Bonchev–Trinajstić information content (AvgIpc) is 1.75. The fraction of sp³-hybridized carbons (Fsp3) is 1.00. The molecule has 0 bridgehead atoms. The Kier molecular flexibility index (Phi) is 190. The first-order chi connectivity index (χ1) is 3.41. The maximum atomic E-state index is 8.93. The second kappa shape index (κ2) is 59.8. The molecule has 0 aliphatic heterocycles. The first-order valence-corrected chi connectivity index (χ1v) is 1.69. The van der Waals surface area contributed by atoms with E-state index >= 15 is 0 Å². The van der Waals surface area contributed by atoms with Crippen LogP contribution < -0.4 is 41.2 Å². The molecule has 0 saturated heterocycles. The maximum Gasteiger partial charge on any atom is 1.00 e. The summed E-state index contributed by atoms with van der Waals surface area (Å²) in [6.45, 7) is 2.06. The Morgan fingerprint density at radius 3 is 1.80 bits per heavy atom. The molecule has 0 heterocycles. The van der Waals surface area contributed by atoms with Gasteiger partial charge in [-0.1, -0.05) is 0 Å². The van der Waals surface area contributed by atoms with Crippen molar-refractivity contribution in [3.8, 4) is 0 Å². The van der Waals surface area contributed by atoms with Gasteiger partial charge in [0.05, 0.1) is 0 Å². The molecule has 0 aliphatic rings. The fourth-order valence-corrected chi connectivity index (χ4v) is 0.0527. The molecule has 0 aromatic carbocycles. The molecule has 0 unspecified atom stereocenters. The third kappa shape index (κ3) is 86.1. The number of rotatable bonds is 2. The van der Waals surface area contributed by atoms with Gasteiger partial charge < -0.3 is 15.8 Å². The largest absolute Gasteiger partial charge is 1.00 e. The van der Waals surface area contributed by atoms with Crippen LogP contribution in [0.25, 0.3) is 0 Å². The van der Waals surface area contributed by atoms with Crippen LogP contribution in [-0.2, 0) is 4.84 Å². The van der Waals surface area contributed by atoms with Crippen molar-refractivity contribution < 1.29 is 45.3 Å². The minimum absolute atomic E-state index is 0. The molecule has 0 radical (unpaired) electrons. The third-order valence-electron chi connectivity index (χ3n) is 0.182. The Labute approximate surface area is 80.9 Å². The van der Waals surface area contributed by atoms with Gasteiger partial charge in [0.1, 0.15) is 6.61 Å². The summed E-state index contributed by atoms with van der Waals surface area (Å²) in [6, 6.07) is 0. The van der Waals surface area contributed by atoms with Gasteiger partial charge in [0, 0.05) is 0 Å². The van der Waals surface area contributed by atoms with E-state index in [0.29, 0.717) is 6.61 Å². The third-order valence-corrected chi connectivity index (χ3v) is 0.182. The molecule has 0 fully saturated rings. The molecule has 0 amide bonds. The number of hydrogen-bond acceptors (Lipinski definition) is 6. The summed E-state index contributed by atoms with van der Waals surface area (Å²) in [4.78, 5) is 12.8. The fourth-order valence-electron chi connectivity index (χ4n) is 0.0527. The van der Waals surface area contributed by atoms with Crippen molar-refractivity contribution in [1.82, 2.24) is 0 Å². The van der Waals surface area contributed by atoms with Crippen molar-refractivity contribution in [2.24, 2.45) is 17.0 Å². The van der Waals surface area contributed by atoms with E-state index < -0.39 is 0 Å². The van der Waals surface area contributed by atoms with Gasteiger partial charge in [0.15, 0.2) is 5.34 Å². The molecule has 0 rings (SSSR count). The Morgan fingerprint density at radius 2 is 1.80 bits per heavy atom. The van der Waals surface area contributed by atoms with Crippen LogP contribution in [0.4, 0.5) is 0 Å². The zero-order chi connectivity index (χ0) is 6.12. The van der Waals surface area contributed by atoms with Crippen LogP contribution in [0, 0.1) is 4.91 Å². The molecule has 0 aromatic heterocycles. The summed E-state index contributed by atoms with van der Waals surface area (Å²) >= 11 is 0. The molecule has 0 saturated carbocycles. The van der Waals surface area contributed by atoms with Crippen LogP contribution in [0.3, 0.4) is 0 Å². The molecule has 0 aromatic rings. The van der Waals surface area contributed by atoms with Crippen LogP contribution in [0.2, 0.25) is 0 Å². The number of nitrogens with two attached hydrogens (primary N) is 2. The molecule has 7 nitrogen and oxygen atoms in total. The summed E-state index contributed by atoms with van der Waals surface area (Å²) in [5, 5.41) is 2.10. The van der Waals surface area contributed by atoms with Crippen molar-refractivity contribution >= 4 is 0 Å². The van der Waals surface area contributed by atoms with E-state index in [1.54, 1.807) is 6.92 Å². The quantitative estimate of drug-likeness (QED) is 0.183. The smallest absolute Gasteiger partial charge is 0.870 e.